The molecule has 0 aliphatic heterocycles. The number of amides is 1. The number of ether oxygens (including phenoxy) is 2. The van der Waals surface area contributed by atoms with Crippen LogP contribution >= 0.6 is 0 Å². The molecule has 150 valence electrons. The van der Waals surface area contributed by atoms with Crippen LogP contribution in [0.5, 0.6) is 11.5 Å². The first-order valence-corrected chi connectivity index (χ1v) is 9.35. The normalized spacial score (nSPS) is 10.5. The van der Waals surface area contributed by atoms with E-state index in [1.807, 2.05) is 12.1 Å². The highest BCUT2D eigenvalue weighted by molar-refractivity contribution is 6.05. The van der Waals surface area contributed by atoms with Gasteiger partial charge in [-0.25, -0.2) is 0 Å². The van der Waals surface area contributed by atoms with E-state index in [9.17, 15) is 4.79 Å². The molecule has 0 atom stereocenters. The number of methoxy groups -OCH3 is 2. The monoisotopic (exact) mass is 391 g/mol. The van der Waals surface area contributed by atoms with E-state index in [4.69, 9.17) is 9.47 Å². The number of hydrogen-bond acceptors (Lipinski definition) is 5. The number of benzene rings is 2. The maximum absolute atomic E-state index is 12.7. The average molecular weight is 391 g/mol. The van der Waals surface area contributed by atoms with Crippen molar-refractivity contribution >= 4 is 23.0 Å². The van der Waals surface area contributed by atoms with Crippen LogP contribution in [0.3, 0.4) is 0 Å². The molecule has 1 amide bonds. The Balaban J connectivity index is 1.76. The smallest absolute Gasteiger partial charge is 0.257 e. The molecule has 1 aromatic heterocycles. The summed E-state index contributed by atoms with van der Waals surface area (Å²) in [7, 11) is 3.12. The molecular formula is C23H25N3O3. The number of nitrogens with one attached hydrogen (secondary N) is 2. The molecule has 0 spiro atoms. The average Bonchev–Trinajstić information content (AvgIpc) is 2.74. The Morgan fingerprint density at radius 3 is 2.34 bits per heavy atom. The van der Waals surface area contributed by atoms with Gasteiger partial charge in [0.05, 0.1) is 37.4 Å². The molecule has 6 nitrogen and oxygen atoms in total. The lowest BCUT2D eigenvalue weighted by Crippen LogP contribution is -2.13. The van der Waals surface area contributed by atoms with Crippen LogP contribution in [-0.2, 0) is 0 Å². The number of anilines is 3. The van der Waals surface area contributed by atoms with E-state index in [0.29, 0.717) is 28.7 Å². The van der Waals surface area contributed by atoms with E-state index in [0.717, 1.165) is 11.4 Å². The van der Waals surface area contributed by atoms with Gasteiger partial charge in [-0.1, -0.05) is 26.0 Å². The molecule has 0 unspecified atom stereocenters. The van der Waals surface area contributed by atoms with Gasteiger partial charge in [0.25, 0.3) is 5.91 Å². The van der Waals surface area contributed by atoms with Crippen LogP contribution in [0.4, 0.5) is 17.1 Å². The second-order valence-electron chi connectivity index (χ2n) is 6.88. The second-order valence-corrected chi connectivity index (χ2v) is 6.88. The maximum Gasteiger partial charge on any atom is 0.257 e. The first kappa shape index (κ1) is 20.2. The highest BCUT2D eigenvalue weighted by atomic mass is 16.5. The summed E-state index contributed by atoms with van der Waals surface area (Å²) in [5.74, 6) is 1.36. The van der Waals surface area contributed by atoms with Crippen molar-refractivity contribution in [2.24, 2.45) is 0 Å². The maximum atomic E-state index is 12.7. The molecule has 2 aromatic carbocycles. The van der Waals surface area contributed by atoms with Crippen molar-refractivity contribution in [1.29, 1.82) is 0 Å². The Morgan fingerprint density at radius 2 is 1.69 bits per heavy atom. The lowest BCUT2D eigenvalue weighted by molar-refractivity contribution is 0.102. The number of carbonyl (C=O) groups is 1. The van der Waals surface area contributed by atoms with E-state index in [1.54, 1.807) is 44.7 Å². The highest BCUT2D eigenvalue weighted by Gasteiger charge is 2.12. The fourth-order valence-corrected chi connectivity index (χ4v) is 2.86. The molecule has 0 bridgehead atoms. The van der Waals surface area contributed by atoms with Gasteiger partial charge in [-0.05, 0) is 41.8 Å². The molecule has 1 heterocycles. The van der Waals surface area contributed by atoms with Crippen LogP contribution in [0.2, 0.25) is 0 Å². The zero-order valence-electron chi connectivity index (χ0n) is 17.0. The number of nitrogens with zero attached hydrogens (tertiary/aromatic N) is 1. The Labute approximate surface area is 170 Å². The molecular weight excluding hydrogens is 366 g/mol. The number of carbonyl (C=O) groups excluding carboxylic acids is 1. The van der Waals surface area contributed by atoms with Gasteiger partial charge >= 0.3 is 0 Å². The summed E-state index contributed by atoms with van der Waals surface area (Å²) < 4.78 is 10.5. The fourth-order valence-electron chi connectivity index (χ4n) is 2.86. The topological polar surface area (TPSA) is 72.5 Å². The first-order chi connectivity index (χ1) is 14.0. The second kappa shape index (κ2) is 9.10. The van der Waals surface area contributed by atoms with Crippen molar-refractivity contribution in [2.75, 3.05) is 24.9 Å². The lowest BCUT2D eigenvalue weighted by Gasteiger charge is -2.13. The summed E-state index contributed by atoms with van der Waals surface area (Å²) in [4.78, 5) is 16.9. The summed E-state index contributed by atoms with van der Waals surface area (Å²) in [6.45, 7) is 4.32. The fraction of sp³-hybridized carbons (Fsp3) is 0.217. The predicted molar refractivity (Wildman–Crippen MR) is 116 cm³/mol. The molecule has 6 heteroatoms. The molecule has 0 aliphatic carbocycles. The Bertz CT molecular complexity index is 985. The summed E-state index contributed by atoms with van der Waals surface area (Å²) in [6, 6.07) is 15.2. The zero-order valence-corrected chi connectivity index (χ0v) is 17.0. The van der Waals surface area contributed by atoms with Gasteiger partial charge in [0.2, 0.25) is 0 Å². The van der Waals surface area contributed by atoms with Gasteiger partial charge in [0.15, 0.2) is 0 Å². The number of aromatic nitrogens is 1. The van der Waals surface area contributed by atoms with Gasteiger partial charge < -0.3 is 20.1 Å². The number of hydrogen-bond donors (Lipinski definition) is 2. The SMILES string of the molecule is COc1ccc(OC)c(NC(=O)c2cncc(Nc3ccc(C(C)C)cc3)c2)c1. The minimum Gasteiger partial charge on any atom is -0.497 e. The van der Waals surface area contributed by atoms with Gasteiger partial charge in [0, 0.05) is 18.0 Å². The third-order valence-corrected chi connectivity index (χ3v) is 4.52. The predicted octanol–water partition coefficient (Wildman–Crippen LogP) is 5.22. The van der Waals surface area contributed by atoms with Crippen molar-refractivity contribution in [3.8, 4) is 11.5 Å². The summed E-state index contributed by atoms with van der Waals surface area (Å²) in [6.07, 6.45) is 3.20. The van der Waals surface area contributed by atoms with Crippen molar-refractivity contribution < 1.29 is 14.3 Å². The van der Waals surface area contributed by atoms with E-state index in [-0.39, 0.29) is 5.91 Å². The van der Waals surface area contributed by atoms with Crippen molar-refractivity contribution in [3.63, 3.8) is 0 Å². The summed E-state index contributed by atoms with van der Waals surface area (Å²) >= 11 is 0. The van der Waals surface area contributed by atoms with Crippen molar-refractivity contribution in [3.05, 3.63) is 72.1 Å². The molecule has 2 N–H and O–H groups in total. The minimum absolute atomic E-state index is 0.289. The standard InChI is InChI=1S/C23H25N3O3/c1-15(2)16-5-7-18(8-6-16)25-19-11-17(13-24-14-19)23(27)26-21-12-20(28-3)9-10-22(21)29-4/h5-15,25H,1-4H3,(H,26,27). The van der Waals surface area contributed by atoms with Crippen LogP contribution in [-0.4, -0.2) is 25.1 Å². The minimum atomic E-state index is -0.289. The van der Waals surface area contributed by atoms with Crippen molar-refractivity contribution in [1.82, 2.24) is 4.98 Å². The Kier molecular flexibility index (Phi) is 6.34. The van der Waals surface area contributed by atoms with Crippen LogP contribution in [0.25, 0.3) is 0 Å². The largest absolute Gasteiger partial charge is 0.497 e. The third-order valence-electron chi connectivity index (χ3n) is 4.52. The molecule has 3 rings (SSSR count). The molecule has 29 heavy (non-hydrogen) atoms. The highest BCUT2D eigenvalue weighted by Crippen LogP contribution is 2.29. The van der Waals surface area contributed by atoms with E-state index in [2.05, 4.69) is 41.6 Å². The Morgan fingerprint density at radius 1 is 0.931 bits per heavy atom. The van der Waals surface area contributed by atoms with Crippen LogP contribution in [0, 0.1) is 0 Å². The third kappa shape index (κ3) is 5.04. The zero-order chi connectivity index (χ0) is 20.8. The molecule has 0 fully saturated rings. The first-order valence-electron chi connectivity index (χ1n) is 9.35. The molecule has 0 saturated carbocycles. The molecule has 0 saturated heterocycles. The van der Waals surface area contributed by atoms with Crippen LogP contribution < -0.4 is 20.1 Å². The van der Waals surface area contributed by atoms with Crippen LogP contribution in [0.1, 0.15) is 35.7 Å². The van der Waals surface area contributed by atoms with E-state index >= 15 is 0 Å². The van der Waals surface area contributed by atoms with E-state index in [1.165, 1.54) is 11.8 Å². The Hall–Kier alpha value is -3.54. The number of rotatable bonds is 7. The van der Waals surface area contributed by atoms with Crippen LogP contribution in [0.15, 0.2) is 60.9 Å². The van der Waals surface area contributed by atoms with Gasteiger partial charge in [-0.3, -0.25) is 9.78 Å². The van der Waals surface area contributed by atoms with Crippen molar-refractivity contribution in [2.45, 2.75) is 19.8 Å². The molecule has 0 aliphatic rings. The quantitative estimate of drug-likeness (QED) is 0.578. The van der Waals surface area contributed by atoms with Gasteiger partial charge in [-0.2, -0.15) is 0 Å². The number of pyridine rings is 1. The summed E-state index contributed by atoms with van der Waals surface area (Å²) in [5.41, 5.74) is 3.89. The molecule has 0 radical (unpaired) electrons. The van der Waals surface area contributed by atoms with Gasteiger partial charge in [0.1, 0.15) is 11.5 Å². The van der Waals surface area contributed by atoms with Gasteiger partial charge in [-0.15, -0.1) is 0 Å². The summed E-state index contributed by atoms with van der Waals surface area (Å²) in [5, 5.41) is 6.13. The molecule has 3 aromatic rings. The van der Waals surface area contributed by atoms with E-state index < -0.39 is 0 Å². The lowest BCUT2D eigenvalue weighted by atomic mass is 10.0.